The van der Waals surface area contributed by atoms with Crippen LogP contribution in [0.2, 0.25) is 0 Å². The number of nitrogens with one attached hydrogen (secondary N) is 2. The number of nitrogens with zero attached hydrogens (tertiary/aromatic N) is 3. The normalized spacial score (nSPS) is 10.0. The van der Waals surface area contributed by atoms with E-state index in [4.69, 9.17) is 4.42 Å². The topological polar surface area (TPSA) is 92.9 Å². The molecule has 88 valence electrons. The van der Waals surface area contributed by atoms with Gasteiger partial charge in [-0.15, -0.1) is 0 Å². The molecular weight excluding hydrogens is 222 g/mol. The minimum absolute atomic E-state index is 0.143. The molecule has 0 aliphatic carbocycles. The average molecular weight is 233 g/mol. The molecule has 0 fully saturated rings. The molecule has 2 rings (SSSR count). The van der Waals surface area contributed by atoms with E-state index in [0.717, 1.165) is 0 Å². The molecule has 0 radical (unpaired) electrons. The smallest absolute Gasteiger partial charge is 0.301 e. The Morgan fingerprint density at radius 2 is 2.18 bits per heavy atom. The first kappa shape index (κ1) is 11.1. The highest BCUT2D eigenvalue weighted by atomic mass is 16.4. The molecule has 17 heavy (non-hydrogen) atoms. The number of rotatable bonds is 3. The quantitative estimate of drug-likeness (QED) is 0.823. The van der Waals surface area contributed by atoms with Crippen LogP contribution in [0.3, 0.4) is 0 Å². The Bertz CT molecular complexity index is 537. The standard InChI is InChI=1S/C10H11N5O2/c1-6-5-17-10(13-6)15-9(16)7-3-12-4-8(11-2)14-7/h3-5H,1-2H3,(H,11,14)(H,13,15,16). The van der Waals surface area contributed by atoms with Gasteiger partial charge in [0.2, 0.25) is 0 Å². The third-order valence-corrected chi connectivity index (χ3v) is 1.96. The van der Waals surface area contributed by atoms with Crippen molar-refractivity contribution < 1.29 is 9.21 Å². The zero-order valence-corrected chi connectivity index (χ0v) is 9.39. The van der Waals surface area contributed by atoms with Gasteiger partial charge in [0.1, 0.15) is 17.8 Å². The average Bonchev–Trinajstić information content (AvgIpc) is 2.75. The van der Waals surface area contributed by atoms with E-state index in [1.54, 1.807) is 14.0 Å². The summed E-state index contributed by atoms with van der Waals surface area (Å²) in [7, 11) is 1.70. The van der Waals surface area contributed by atoms with E-state index in [1.807, 2.05) is 0 Å². The zero-order chi connectivity index (χ0) is 12.3. The molecule has 0 saturated carbocycles. The second kappa shape index (κ2) is 4.60. The summed E-state index contributed by atoms with van der Waals surface area (Å²) in [5.41, 5.74) is 0.878. The molecular formula is C10H11N5O2. The van der Waals surface area contributed by atoms with Gasteiger partial charge >= 0.3 is 6.01 Å². The van der Waals surface area contributed by atoms with Gasteiger partial charge in [-0.1, -0.05) is 0 Å². The molecule has 0 aromatic carbocycles. The van der Waals surface area contributed by atoms with Gasteiger partial charge in [-0.25, -0.2) is 4.98 Å². The largest absolute Gasteiger partial charge is 0.432 e. The van der Waals surface area contributed by atoms with Gasteiger partial charge in [-0.05, 0) is 6.92 Å². The maximum atomic E-state index is 11.8. The molecule has 2 aromatic heterocycles. The van der Waals surface area contributed by atoms with Crippen molar-refractivity contribution in [2.24, 2.45) is 0 Å². The van der Waals surface area contributed by atoms with Gasteiger partial charge in [0.05, 0.1) is 18.1 Å². The minimum atomic E-state index is -0.420. The maximum Gasteiger partial charge on any atom is 0.301 e. The van der Waals surface area contributed by atoms with E-state index in [-0.39, 0.29) is 11.7 Å². The van der Waals surface area contributed by atoms with Crippen LogP contribution in [-0.2, 0) is 0 Å². The Kier molecular flexibility index (Phi) is 2.99. The van der Waals surface area contributed by atoms with Crippen molar-refractivity contribution in [1.29, 1.82) is 0 Å². The number of hydrogen-bond donors (Lipinski definition) is 2. The number of oxazole rings is 1. The van der Waals surface area contributed by atoms with Gasteiger partial charge in [-0.3, -0.25) is 15.1 Å². The van der Waals surface area contributed by atoms with E-state index in [1.165, 1.54) is 18.7 Å². The van der Waals surface area contributed by atoms with Crippen molar-refractivity contribution in [2.75, 3.05) is 17.7 Å². The number of amides is 1. The third kappa shape index (κ3) is 2.57. The molecule has 7 nitrogen and oxygen atoms in total. The summed E-state index contributed by atoms with van der Waals surface area (Å²) in [6.45, 7) is 1.76. The number of hydrogen-bond acceptors (Lipinski definition) is 6. The molecule has 1 amide bonds. The first-order valence-electron chi connectivity index (χ1n) is 4.92. The molecule has 0 bridgehead atoms. The summed E-state index contributed by atoms with van der Waals surface area (Å²) < 4.78 is 5.01. The molecule has 7 heteroatoms. The predicted octanol–water partition coefficient (Wildman–Crippen LogP) is 1.07. The van der Waals surface area contributed by atoms with Crippen molar-refractivity contribution in [3.05, 3.63) is 30.0 Å². The first-order chi connectivity index (χ1) is 8.19. The fourth-order valence-electron chi connectivity index (χ4n) is 1.17. The highest BCUT2D eigenvalue weighted by Crippen LogP contribution is 2.08. The number of anilines is 2. The van der Waals surface area contributed by atoms with Gasteiger partial charge < -0.3 is 9.73 Å². The Morgan fingerprint density at radius 1 is 1.35 bits per heavy atom. The molecule has 2 heterocycles. The van der Waals surface area contributed by atoms with E-state index in [0.29, 0.717) is 11.5 Å². The number of carbonyl (C=O) groups excluding carboxylic acids is 1. The van der Waals surface area contributed by atoms with Crippen LogP contribution < -0.4 is 10.6 Å². The van der Waals surface area contributed by atoms with E-state index < -0.39 is 5.91 Å². The van der Waals surface area contributed by atoms with Crippen LogP contribution in [0.25, 0.3) is 0 Å². The number of aromatic nitrogens is 3. The molecule has 0 aliphatic heterocycles. The van der Waals surface area contributed by atoms with Crippen LogP contribution in [-0.4, -0.2) is 27.9 Å². The molecule has 2 aromatic rings. The summed E-state index contributed by atoms with van der Waals surface area (Å²) >= 11 is 0. The summed E-state index contributed by atoms with van der Waals surface area (Å²) in [5, 5.41) is 5.28. The fourth-order valence-corrected chi connectivity index (χ4v) is 1.17. The molecule has 0 aliphatic rings. The molecule has 0 spiro atoms. The van der Waals surface area contributed by atoms with Gasteiger partial charge in [0.25, 0.3) is 5.91 Å². The lowest BCUT2D eigenvalue weighted by atomic mass is 10.4. The molecule has 2 N–H and O–H groups in total. The number of aryl methyl sites for hydroxylation is 1. The third-order valence-electron chi connectivity index (χ3n) is 1.96. The van der Waals surface area contributed by atoms with Gasteiger partial charge in [-0.2, -0.15) is 4.98 Å². The first-order valence-corrected chi connectivity index (χ1v) is 4.92. The van der Waals surface area contributed by atoms with Gasteiger partial charge in [0, 0.05) is 7.05 Å². The van der Waals surface area contributed by atoms with Crippen LogP contribution in [0.4, 0.5) is 11.8 Å². The maximum absolute atomic E-state index is 11.8. The van der Waals surface area contributed by atoms with E-state index >= 15 is 0 Å². The van der Waals surface area contributed by atoms with Crippen LogP contribution in [0, 0.1) is 6.92 Å². The summed E-state index contributed by atoms with van der Waals surface area (Å²) in [6.07, 6.45) is 4.34. The summed E-state index contributed by atoms with van der Waals surface area (Å²) in [5.74, 6) is 0.0951. The van der Waals surface area contributed by atoms with Crippen molar-refractivity contribution in [1.82, 2.24) is 15.0 Å². The molecule has 0 atom stereocenters. The SMILES string of the molecule is CNc1cncc(C(=O)Nc2nc(C)co2)n1. The predicted molar refractivity (Wildman–Crippen MR) is 60.8 cm³/mol. The van der Waals surface area contributed by atoms with Crippen molar-refractivity contribution in [3.63, 3.8) is 0 Å². The van der Waals surface area contributed by atoms with Crippen molar-refractivity contribution in [2.45, 2.75) is 6.92 Å². The Balaban J connectivity index is 2.14. The van der Waals surface area contributed by atoms with Crippen LogP contribution in [0.5, 0.6) is 0 Å². The number of carbonyl (C=O) groups is 1. The Morgan fingerprint density at radius 3 is 2.82 bits per heavy atom. The zero-order valence-electron chi connectivity index (χ0n) is 9.39. The summed E-state index contributed by atoms with van der Waals surface area (Å²) in [6, 6.07) is 0.143. The van der Waals surface area contributed by atoms with Crippen LogP contribution in [0.15, 0.2) is 23.1 Å². The molecule has 0 saturated heterocycles. The second-order valence-electron chi connectivity index (χ2n) is 3.29. The lowest BCUT2D eigenvalue weighted by molar-refractivity contribution is 0.101. The lowest BCUT2D eigenvalue weighted by Crippen LogP contribution is -2.15. The lowest BCUT2D eigenvalue weighted by Gasteiger charge is -2.02. The van der Waals surface area contributed by atoms with Gasteiger partial charge in [0.15, 0.2) is 0 Å². The Labute approximate surface area is 97.3 Å². The van der Waals surface area contributed by atoms with Crippen LogP contribution >= 0.6 is 0 Å². The van der Waals surface area contributed by atoms with E-state index in [9.17, 15) is 4.79 Å². The second-order valence-corrected chi connectivity index (χ2v) is 3.29. The monoisotopic (exact) mass is 233 g/mol. The van der Waals surface area contributed by atoms with Crippen LogP contribution in [0.1, 0.15) is 16.2 Å². The highest BCUT2D eigenvalue weighted by Gasteiger charge is 2.11. The minimum Gasteiger partial charge on any atom is -0.432 e. The van der Waals surface area contributed by atoms with E-state index in [2.05, 4.69) is 25.6 Å². The Hall–Kier alpha value is -2.44. The van der Waals surface area contributed by atoms with Crippen molar-refractivity contribution in [3.8, 4) is 0 Å². The highest BCUT2D eigenvalue weighted by molar-refractivity contribution is 6.01. The fraction of sp³-hybridized carbons (Fsp3) is 0.200. The molecule has 0 unspecified atom stereocenters. The summed E-state index contributed by atoms with van der Waals surface area (Å²) in [4.78, 5) is 23.6. The van der Waals surface area contributed by atoms with Crippen molar-refractivity contribution >= 4 is 17.7 Å².